The molecule has 0 unspecified atom stereocenters. The number of nitrogens with zero attached hydrogens (tertiary/aromatic N) is 1. The van der Waals surface area contributed by atoms with Crippen molar-refractivity contribution in [3.05, 3.63) is 101 Å². The average molecular weight is 436 g/mol. The van der Waals surface area contributed by atoms with Gasteiger partial charge in [0.2, 0.25) is 0 Å². The summed E-state index contributed by atoms with van der Waals surface area (Å²) in [6, 6.07) is 29.7. The van der Waals surface area contributed by atoms with Gasteiger partial charge in [-0.3, -0.25) is 0 Å². The first-order chi connectivity index (χ1) is 14.2. The molecule has 1 heterocycles. The second-order valence-electron chi connectivity index (χ2n) is 7.37. The first-order valence-corrected chi connectivity index (χ1v) is 10.7. The van der Waals surface area contributed by atoms with Crippen LogP contribution in [0, 0.1) is 0 Å². The molecular formula is C26H26ClNOS. The maximum absolute atomic E-state index is 6.20. The molecule has 0 fully saturated rings. The monoisotopic (exact) mass is 435 g/mol. The van der Waals surface area contributed by atoms with Crippen LogP contribution in [0.5, 0.6) is 5.75 Å². The van der Waals surface area contributed by atoms with Crippen LogP contribution in [0.3, 0.4) is 0 Å². The highest BCUT2D eigenvalue weighted by Crippen LogP contribution is 2.41. The molecule has 0 saturated carbocycles. The molecule has 154 valence electrons. The lowest BCUT2D eigenvalue weighted by molar-refractivity contribution is 0.307. The number of halogens is 1. The zero-order valence-electron chi connectivity index (χ0n) is 17.2. The van der Waals surface area contributed by atoms with E-state index in [-0.39, 0.29) is 12.4 Å². The molecule has 0 aliphatic heterocycles. The van der Waals surface area contributed by atoms with Crippen LogP contribution in [0.15, 0.2) is 90.3 Å². The zero-order chi connectivity index (χ0) is 20.1. The Hall–Kier alpha value is -2.59. The van der Waals surface area contributed by atoms with Crippen LogP contribution in [0.2, 0.25) is 0 Å². The van der Waals surface area contributed by atoms with Crippen LogP contribution in [0.4, 0.5) is 0 Å². The Morgan fingerprint density at radius 2 is 1.43 bits per heavy atom. The third-order valence-electron chi connectivity index (χ3n) is 4.79. The molecule has 3 aromatic carbocycles. The molecule has 0 saturated heterocycles. The van der Waals surface area contributed by atoms with Gasteiger partial charge in [-0.2, -0.15) is 0 Å². The number of para-hydroxylation sites is 1. The summed E-state index contributed by atoms with van der Waals surface area (Å²) in [5.41, 5.74) is 6.10. The fraction of sp³-hybridized carbons (Fsp3) is 0.154. The van der Waals surface area contributed by atoms with Gasteiger partial charge >= 0.3 is 0 Å². The van der Waals surface area contributed by atoms with Crippen molar-refractivity contribution in [2.75, 3.05) is 14.1 Å². The minimum atomic E-state index is 0. The summed E-state index contributed by atoms with van der Waals surface area (Å²) in [5.74, 6) is 0.917. The molecule has 0 amide bonds. The van der Waals surface area contributed by atoms with E-state index in [9.17, 15) is 0 Å². The van der Waals surface area contributed by atoms with Crippen molar-refractivity contribution < 1.29 is 4.74 Å². The lowest BCUT2D eigenvalue weighted by Gasteiger charge is -2.13. The highest BCUT2D eigenvalue weighted by molar-refractivity contribution is 7.14. The number of hydrogen-bond donors (Lipinski definition) is 0. The molecule has 1 aromatic heterocycles. The van der Waals surface area contributed by atoms with E-state index >= 15 is 0 Å². The van der Waals surface area contributed by atoms with Crippen molar-refractivity contribution in [2.45, 2.75) is 13.2 Å². The first-order valence-electron chi connectivity index (χ1n) is 9.78. The van der Waals surface area contributed by atoms with Crippen LogP contribution < -0.4 is 4.74 Å². The van der Waals surface area contributed by atoms with Crippen molar-refractivity contribution in [3.63, 3.8) is 0 Å². The summed E-state index contributed by atoms with van der Waals surface area (Å²) in [4.78, 5) is 3.46. The molecule has 0 bridgehead atoms. The molecule has 0 N–H and O–H groups in total. The Morgan fingerprint density at radius 3 is 2.17 bits per heavy atom. The van der Waals surface area contributed by atoms with Gasteiger partial charge < -0.3 is 9.64 Å². The van der Waals surface area contributed by atoms with E-state index in [1.807, 2.05) is 24.3 Å². The van der Waals surface area contributed by atoms with Gasteiger partial charge in [-0.15, -0.1) is 23.7 Å². The largest absolute Gasteiger partial charge is 0.488 e. The van der Waals surface area contributed by atoms with Crippen LogP contribution >= 0.6 is 23.7 Å². The van der Waals surface area contributed by atoms with Crippen LogP contribution in [-0.4, -0.2) is 19.0 Å². The van der Waals surface area contributed by atoms with Gasteiger partial charge in [-0.25, -0.2) is 0 Å². The van der Waals surface area contributed by atoms with Crippen LogP contribution in [0.1, 0.15) is 11.1 Å². The van der Waals surface area contributed by atoms with Gasteiger partial charge in [0.05, 0.1) is 0 Å². The maximum Gasteiger partial charge on any atom is 0.127 e. The minimum Gasteiger partial charge on any atom is -0.488 e. The fourth-order valence-corrected chi connectivity index (χ4v) is 4.34. The molecule has 0 aliphatic carbocycles. The van der Waals surface area contributed by atoms with Crippen molar-refractivity contribution in [3.8, 4) is 27.3 Å². The molecule has 4 aromatic rings. The van der Waals surface area contributed by atoms with Crippen molar-refractivity contribution >= 4 is 23.7 Å². The Bertz CT molecular complexity index is 1060. The smallest absolute Gasteiger partial charge is 0.127 e. The molecule has 0 radical (unpaired) electrons. The molecular weight excluding hydrogens is 410 g/mol. The highest BCUT2D eigenvalue weighted by atomic mass is 35.5. The van der Waals surface area contributed by atoms with E-state index in [4.69, 9.17) is 4.74 Å². The summed E-state index contributed by atoms with van der Waals surface area (Å²) in [5, 5.41) is 2.16. The second kappa shape index (κ2) is 10.4. The van der Waals surface area contributed by atoms with E-state index in [1.54, 1.807) is 11.3 Å². The lowest BCUT2D eigenvalue weighted by atomic mass is 10.0. The Labute approximate surface area is 189 Å². The van der Waals surface area contributed by atoms with Crippen molar-refractivity contribution in [1.82, 2.24) is 4.90 Å². The van der Waals surface area contributed by atoms with E-state index < -0.39 is 0 Å². The third kappa shape index (κ3) is 5.31. The van der Waals surface area contributed by atoms with Crippen LogP contribution in [-0.2, 0) is 13.2 Å². The third-order valence-corrected chi connectivity index (χ3v) is 5.76. The highest BCUT2D eigenvalue weighted by Gasteiger charge is 2.13. The number of ether oxygens (including phenoxy) is 1. The number of rotatable bonds is 7. The summed E-state index contributed by atoms with van der Waals surface area (Å²) in [7, 11) is 4.19. The first kappa shape index (κ1) is 22.1. The molecule has 30 heavy (non-hydrogen) atoms. The average Bonchev–Trinajstić information content (AvgIpc) is 3.23. The van der Waals surface area contributed by atoms with E-state index in [0.29, 0.717) is 6.61 Å². The Kier molecular flexibility index (Phi) is 7.69. The molecule has 4 rings (SSSR count). The molecule has 2 nitrogen and oxygen atoms in total. The van der Waals surface area contributed by atoms with Crippen LogP contribution in [0.25, 0.3) is 21.6 Å². The van der Waals surface area contributed by atoms with E-state index in [1.165, 1.54) is 27.1 Å². The number of benzene rings is 3. The zero-order valence-corrected chi connectivity index (χ0v) is 18.9. The Morgan fingerprint density at radius 1 is 0.733 bits per heavy atom. The van der Waals surface area contributed by atoms with Gasteiger partial charge in [0.25, 0.3) is 0 Å². The van der Waals surface area contributed by atoms with Gasteiger partial charge in [0.15, 0.2) is 0 Å². The van der Waals surface area contributed by atoms with Gasteiger partial charge in [0, 0.05) is 22.5 Å². The summed E-state index contributed by atoms with van der Waals surface area (Å²) < 4.78 is 6.20. The maximum atomic E-state index is 6.20. The summed E-state index contributed by atoms with van der Waals surface area (Å²) in [6.07, 6.45) is 0. The Balaban J connectivity index is 0.00000256. The minimum absolute atomic E-state index is 0. The predicted octanol–water partition coefficient (Wildman–Crippen LogP) is 7.14. The van der Waals surface area contributed by atoms with E-state index in [0.717, 1.165) is 17.9 Å². The SMILES string of the molecule is CN(C)Cc1ccc(-c2sccc2-c2ccccc2OCc2ccccc2)cc1.Cl. The topological polar surface area (TPSA) is 12.5 Å². The lowest BCUT2D eigenvalue weighted by Crippen LogP contribution is -2.10. The standard InChI is InChI=1S/C26H25NOS.ClH/c1-27(2)18-20-12-14-22(15-13-20)26-24(16-17-29-26)23-10-6-7-11-25(23)28-19-21-8-4-3-5-9-21;/h3-17H,18-19H2,1-2H3;1H. The normalized spacial score (nSPS) is 10.6. The number of thiophene rings is 1. The molecule has 0 atom stereocenters. The molecule has 0 spiro atoms. The van der Waals surface area contributed by atoms with Gasteiger partial charge in [-0.1, -0.05) is 72.8 Å². The number of hydrogen-bond acceptors (Lipinski definition) is 3. The van der Waals surface area contributed by atoms with E-state index in [2.05, 4.69) is 85.0 Å². The summed E-state index contributed by atoms with van der Waals surface area (Å²) >= 11 is 1.77. The molecule has 0 aliphatic rings. The molecule has 4 heteroatoms. The van der Waals surface area contributed by atoms with Crippen molar-refractivity contribution in [1.29, 1.82) is 0 Å². The quantitative estimate of drug-likeness (QED) is 0.305. The van der Waals surface area contributed by atoms with Gasteiger partial charge in [-0.05, 0) is 48.3 Å². The van der Waals surface area contributed by atoms with Crippen molar-refractivity contribution in [2.24, 2.45) is 0 Å². The van der Waals surface area contributed by atoms with Gasteiger partial charge in [0.1, 0.15) is 12.4 Å². The summed E-state index contributed by atoms with van der Waals surface area (Å²) in [6.45, 7) is 1.52. The second-order valence-corrected chi connectivity index (χ2v) is 8.28. The fourth-order valence-electron chi connectivity index (χ4n) is 3.42. The predicted molar refractivity (Wildman–Crippen MR) is 131 cm³/mol.